The fourth-order valence-corrected chi connectivity index (χ4v) is 4.17. The van der Waals surface area contributed by atoms with Gasteiger partial charge in [0.05, 0.1) is 23.9 Å². The molecule has 2 aliphatic heterocycles. The Bertz CT molecular complexity index is 1130. The van der Waals surface area contributed by atoms with Crippen LogP contribution in [0.15, 0.2) is 36.4 Å². The van der Waals surface area contributed by atoms with E-state index in [2.05, 4.69) is 0 Å². The average Bonchev–Trinajstić information content (AvgIpc) is 2.95. The Kier molecular flexibility index (Phi) is 5.69. The van der Waals surface area contributed by atoms with Crippen molar-refractivity contribution in [3.05, 3.63) is 64.2 Å². The van der Waals surface area contributed by atoms with Gasteiger partial charge in [-0.15, -0.1) is 0 Å². The predicted molar refractivity (Wildman–Crippen MR) is 118 cm³/mol. The lowest BCUT2D eigenvalue weighted by Crippen LogP contribution is -2.37. The molecule has 0 unspecified atom stereocenters. The number of anilines is 1. The standard InChI is InChI=1S/C24H25N3O5/c1-15-5-6-16(2)20(13-15)27-22(29)18-8-7-17(14-19(18)23(27)30)21(28)25-9-4-10-26(12-11-25)24(31)32-3/h5-8,13-14H,4,9-12H2,1-3H3. The quantitative estimate of drug-likeness (QED) is 0.677. The number of fused-ring (bicyclic) bond motifs is 1. The van der Waals surface area contributed by atoms with E-state index in [-0.39, 0.29) is 17.4 Å². The Morgan fingerprint density at radius 2 is 1.53 bits per heavy atom. The molecule has 0 aliphatic carbocycles. The van der Waals surface area contributed by atoms with E-state index >= 15 is 0 Å². The maximum Gasteiger partial charge on any atom is 0.409 e. The van der Waals surface area contributed by atoms with E-state index in [4.69, 9.17) is 4.74 Å². The molecular formula is C24H25N3O5. The largest absolute Gasteiger partial charge is 0.453 e. The summed E-state index contributed by atoms with van der Waals surface area (Å²) in [6.45, 7) is 5.50. The Morgan fingerprint density at radius 1 is 0.844 bits per heavy atom. The summed E-state index contributed by atoms with van der Waals surface area (Å²) in [6, 6.07) is 10.3. The molecule has 2 aromatic rings. The molecule has 0 atom stereocenters. The number of ether oxygens (including phenoxy) is 1. The molecule has 1 saturated heterocycles. The number of hydrogen-bond donors (Lipinski definition) is 0. The summed E-state index contributed by atoms with van der Waals surface area (Å²) in [5, 5.41) is 0. The minimum absolute atomic E-state index is 0.229. The molecule has 1 fully saturated rings. The zero-order chi connectivity index (χ0) is 23.0. The van der Waals surface area contributed by atoms with Crippen molar-refractivity contribution >= 4 is 29.5 Å². The molecule has 0 bridgehead atoms. The molecule has 2 aromatic carbocycles. The maximum atomic E-state index is 13.2. The van der Waals surface area contributed by atoms with E-state index in [1.807, 2.05) is 32.0 Å². The number of hydrogen-bond acceptors (Lipinski definition) is 5. The first kappa shape index (κ1) is 21.5. The monoisotopic (exact) mass is 435 g/mol. The van der Waals surface area contributed by atoms with Crippen molar-refractivity contribution in [2.24, 2.45) is 0 Å². The van der Waals surface area contributed by atoms with Gasteiger partial charge in [-0.3, -0.25) is 14.4 Å². The third-order valence-corrected chi connectivity index (χ3v) is 5.95. The molecule has 8 nitrogen and oxygen atoms in total. The molecule has 0 radical (unpaired) electrons. The Morgan fingerprint density at radius 3 is 2.28 bits per heavy atom. The third-order valence-electron chi connectivity index (χ3n) is 5.95. The summed E-state index contributed by atoms with van der Waals surface area (Å²) in [7, 11) is 1.33. The van der Waals surface area contributed by atoms with Gasteiger partial charge in [-0.2, -0.15) is 0 Å². The molecular weight excluding hydrogens is 410 g/mol. The smallest absolute Gasteiger partial charge is 0.409 e. The highest BCUT2D eigenvalue weighted by molar-refractivity contribution is 6.35. The Hall–Kier alpha value is -3.68. The number of amides is 4. The molecule has 166 valence electrons. The van der Waals surface area contributed by atoms with Crippen LogP contribution in [0.5, 0.6) is 0 Å². The van der Waals surface area contributed by atoms with Crippen LogP contribution >= 0.6 is 0 Å². The van der Waals surface area contributed by atoms with Gasteiger partial charge in [0, 0.05) is 31.7 Å². The number of nitrogens with zero attached hydrogens (tertiary/aromatic N) is 3. The molecule has 2 aliphatic rings. The lowest BCUT2D eigenvalue weighted by atomic mass is 10.0. The van der Waals surface area contributed by atoms with Crippen LogP contribution in [0, 0.1) is 13.8 Å². The number of imide groups is 1. The molecule has 4 rings (SSSR count). The van der Waals surface area contributed by atoms with Crippen LogP contribution < -0.4 is 4.90 Å². The highest BCUT2D eigenvalue weighted by Crippen LogP contribution is 2.32. The van der Waals surface area contributed by atoms with Crippen LogP contribution in [-0.4, -0.2) is 66.9 Å². The fourth-order valence-electron chi connectivity index (χ4n) is 4.17. The molecule has 32 heavy (non-hydrogen) atoms. The highest BCUT2D eigenvalue weighted by atomic mass is 16.5. The predicted octanol–water partition coefficient (Wildman–Crippen LogP) is 3.02. The second kappa shape index (κ2) is 8.45. The van der Waals surface area contributed by atoms with Crippen LogP contribution in [0.3, 0.4) is 0 Å². The van der Waals surface area contributed by atoms with E-state index in [0.717, 1.165) is 11.1 Å². The Labute approximate surface area is 186 Å². The van der Waals surface area contributed by atoms with Gasteiger partial charge in [0.2, 0.25) is 0 Å². The first-order valence-electron chi connectivity index (χ1n) is 10.5. The van der Waals surface area contributed by atoms with Crippen LogP contribution in [0.4, 0.5) is 10.5 Å². The van der Waals surface area contributed by atoms with Gasteiger partial charge in [-0.25, -0.2) is 9.69 Å². The van der Waals surface area contributed by atoms with Crippen LogP contribution in [0.25, 0.3) is 0 Å². The van der Waals surface area contributed by atoms with Crippen molar-refractivity contribution in [1.29, 1.82) is 0 Å². The number of rotatable bonds is 2. The molecule has 8 heteroatoms. The fraction of sp³-hybridized carbons (Fsp3) is 0.333. The van der Waals surface area contributed by atoms with Crippen molar-refractivity contribution in [1.82, 2.24) is 9.80 Å². The third kappa shape index (κ3) is 3.72. The zero-order valence-electron chi connectivity index (χ0n) is 18.4. The van der Waals surface area contributed by atoms with Gasteiger partial charge < -0.3 is 14.5 Å². The molecule has 0 aromatic heterocycles. The van der Waals surface area contributed by atoms with Gasteiger partial charge in [-0.05, 0) is 55.7 Å². The van der Waals surface area contributed by atoms with E-state index in [1.165, 1.54) is 18.1 Å². The van der Waals surface area contributed by atoms with Gasteiger partial charge in [-0.1, -0.05) is 12.1 Å². The summed E-state index contributed by atoms with van der Waals surface area (Å²) in [4.78, 5) is 55.4. The number of aryl methyl sites for hydroxylation is 2. The highest BCUT2D eigenvalue weighted by Gasteiger charge is 2.38. The summed E-state index contributed by atoms with van der Waals surface area (Å²) >= 11 is 0. The SMILES string of the molecule is COC(=O)N1CCCN(C(=O)c2ccc3c(c2)C(=O)N(c2cc(C)ccc2C)C3=O)CC1. The van der Waals surface area contributed by atoms with Gasteiger partial charge >= 0.3 is 6.09 Å². The molecule has 0 saturated carbocycles. The van der Waals surface area contributed by atoms with E-state index in [9.17, 15) is 19.2 Å². The first-order valence-corrected chi connectivity index (χ1v) is 10.5. The summed E-state index contributed by atoms with van der Waals surface area (Å²) in [5.74, 6) is -1.05. The average molecular weight is 435 g/mol. The number of carbonyl (C=O) groups excluding carboxylic acids is 4. The second-order valence-corrected chi connectivity index (χ2v) is 8.10. The topological polar surface area (TPSA) is 87.2 Å². The maximum absolute atomic E-state index is 13.2. The van der Waals surface area contributed by atoms with E-state index < -0.39 is 12.0 Å². The van der Waals surface area contributed by atoms with Crippen LogP contribution in [-0.2, 0) is 4.74 Å². The zero-order valence-corrected chi connectivity index (χ0v) is 18.4. The second-order valence-electron chi connectivity index (χ2n) is 8.10. The number of benzene rings is 2. The van der Waals surface area contributed by atoms with E-state index in [1.54, 1.807) is 21.9 Å². The summed E-state index contributed by atoms with van der Waals surface area (Å²) in [6.07, 6.45) is 0.219. The molecule has 0 N–H and O–H groups in total. The van der Waals surface area contributed by atoms with E-state index in [0.29, 0.717) is 49.4 Å². The van der Waals surface area contributed by atoms with Crippen LogP contribution in [0.2, 0.25) is 0 Å². The number of carbonyl (C=O) groups is 4. The summed E-state index contributed by atoms with van der Waals surface area (Å²) in [5.41, 5.74) is 3.19. The first-order chi connectivity index (χ1) is 15.3. The molecule has 4 amide bonds. The molecule has 0 spiro atoms. The van der Waals surface area contributed by atoms with Crippen molar-refractivity contribution in [2.75, 3.05) is 38.2 Å². The van der Waals surface area contributed by atoms with Crippen LogP contribution in [0.1, 0.15) is 48.6 Å². The van der Waals surface area contributed by atoms with Crippen molar-refractivity contribution in [3.8, 4) is 0 Å². The van der Waals surface area contributed by atoms with Crippen molar-refractivity contribution < 1.29 is 23.9 Å². The molecule has 2 heterocycles. The van der Waals surface area contributed by atoms with Gasteiger partial charge in [0.1, 0.15) is 0 Å². The van der Waals surface area contributed by atoms with Gasteiger partial charge in [0.15, 0.2) is 0 Å². The minimum atomic E-state index is -0.430. The lowest BCUT2D eigenvalue weighted by Gasteiger charge is -2.21. The van der Waals surface area contributed by atoms with Crippen molar-refractivity contribution in [2.45, 2.75) is 20.3 Å². The summed E-state index contributed by atoms with van der Waals surface area (Å²) < 4.78 is 4.77. The minimum Gasteiger partial charge on any atom is -0.453 e. The normalized spacial score (nSPS) is 16.2. The lowest BCUT2D eigenvalue weighted by molar-refractivity contribution is 0.0756. The number of methoxy groups -OCH3 is 1. The van der Waals surface area contributed by atoms with Crippen molar-refractivity contribution in [3.63, 3.8) is 0 Å². The van der Waals surface area contributed by atoms with Gasteiger partial charge in [0.25, 0.3) is 17.7 Å². The Balaban J connectivity index is 1.58.